The number of rotatable bonds is 1. The Balaban J connectivity index is 3.37. The fourth-order valence-corrected chi connectivity index (χ4v) is 1.19. The van der Waals surface area contributed by atoms with Gasteiger partial charge >= 0.3 is 0 Å². The third-order valence-electron chi connectivity index (χ3n) is 1.28. The van der Waals surface area contributed by atoms with Crippen LogP contribution in [0.1, 0.15) is 5.56 Å². The van der Waals surface area contributed by atoms with Crippen molar-refractivity contribution in [3.05, 3.63) is 28.0 Å². The second-order valence-electron chi connectivity index (χ2n) is 2.08. The van der Waals surface area contributed by atoms with Crippen LogP contribution in [0.5, 0.6) is 5.75 Å². The number of aromatic hydroxyl groups is 1. The molecule has 0 unspecified atom stereocenters. The summed E-state index contributed by atoms with van der Waals surface area (Å²) in [5, 5.41) is 9.12. The minimum atomic E-state index is -0.662. The topological polar surface area (TPSA) is 37.3 Å². The summed E-state index contributed by atoms with van der Waals surface area (Å²) in [6, 6.07) is 2.45. The van der Waals surface area contributed by atoms with E-state index in [0.29, 0.717) is 4.47 Å². The van der Waals surface area contributed by atoms with Crippen molar-refractivity contribution in [3.63, 3.8) is 0 Å². The van der Waals surface area contributed by atoms with Crippen molar-refractivity contribution in [3.8, 4) is 5.75 Å². The molecule has 0 aliphatic rings. The van der Waals surface area contributed by atoms with Crippen molar-refractivity contribution in [1.82, 2.24) is 0 Å². The third kappa shape index (κ3) is 1.72. The fraction of sp³-hybridized carbons (Fsp3) is 0. The Morgan fingerprint density at radius 1 is 1.58 bits per heavy atom. The Hall–Kier alpha value is -1.12. The van der Waals surface area contributed by atoms with E-state index in [9.17, 15) is 9.18 Å². The molecule has 0 saturated heterocycles. The summed E-state index contributed by atoms with van der Waals surface area (Å²) in [5.41, 5.74) is -0.145. The number of benzene rings is 1. The zero-order valence-corrected chi connectivity index (χ0v) is 7.43. The van der Waals surface area contributed by atoms with Gasteiger partial charge in [-0.15, -0.1) is 0 Å². The molecule has 4 heteroatoms. The summed E-state index contributed by atoms with van der Waals surface area (Å²) in [5.74, 6) is 0.446. The van der Waals surface area contributed by atoms with Crippen molar-refractivity contribution in [2.75, 3.05) is 0 Å². The van der Waals surface area contributed by atoms with Crippen molar-refractivity contribution >= 4 is 27.9 Å². The van der Waals surface area contributed by atoms with E-state index in [1.54, 1.807) is 0 Å². The molecular formula is C8H4BrFO2. The molecular weight excluding hydrogens is 227 g/mol. The molecule has 62 valence electrons. The maximum absolute atomic E-state index is 12.9. The van der Waals surface area contributed by atoms with E-state index >= 15 is 0 Å². The smallest absolute Gasteiger partial charge is 0.136 e. The van der Waals surface area contributed by atoms with Crippen LogP contribution in [-0.2, 0) is 4.79 Å². The molecule has 0 saturated carbocycles. The number of phenols is 1. The largest absolute Gasteiger partial charge is 0.507 e. The highest BCUT2D eigenvalue weighted by Gasteiger charge is 2.06. The van der Waals surface area contributed by atoms with E-state index in [1.165, 1.54) is 12.0 Å². The molecule has 1 N–H and O–H groups in total. The van der Waals surface area contributed by atoms with Gasteiger partial charge in [-0.2, -0.15) is 0 Å². The lowest BCUT2D eigenvalue weighted by Crippen LogP contribution is -1.83. The van der Waals surface area contributed by atoms with Gasteiger partial charge in [0.2, 0.25) is 0 Å². The van der Waals surface area contributed by atoms with Crippen LogP contribution in [0.15, 0.2) is 16.6 Å². The average Bonchev–Trinajstić information content (AvgIpc) is 1.96. The van der Waals surface area contributed by atoms with Crippen LogP contribution >= 0.6 is 15.9 Å². The molecule has 12 heavy (non-hydrogen) atoms. The molecule has 1 aromatic carbocycles. The van der Waals surface area contributed by atoms with E-state index in [4.69, 9.17) is 5.11 Å². The summed E-state index contributed by atoms with van der Waals surface area (Å²) in [6.45, 7) is 0. The van der Waals surface area contributed by atoms with Crippen LogP contribution < -0.4 is 0 Å². The van der Waals surface area contributed by atoms with Crippen LogP contribution in [0.3, 0.4) is 0 Å². The Morgan fingerprint density at radius 3 is 2.75 bits per heavy atom. The Labute approximate surface area is 76.5 Å². The number of carbonyl (C=O) groups excluding carboxylic acids is 1. The summed E-state index contributed by atoms with van der Waals surface area (Å²) in [7, 11) is 0. The van der Waals surface area contributed by atoms with E-state index < -0.39 is 5.82 Å². The first-order chi connectivity index (χ1) is 5.65. The van der Waals surface area contributed by atoms with Gasteiger partial charge < -0.3 is 5.11 Å². The Morgan fingerprint density at radius 2 is 2.25 bits per heavy atom. The van der Waals surface area contributed by atoms with Gasteiger partial charge in [0, 0.05) is 10.5 Å². The quantitative estimate of drug-likeness (QED) is 0.751. The molecule has 0 bridgehead atoms. The first-order valence-electron chi connectivity index (χ1n) is 3.04. The van der Waals surface area contributed by atoms with E-state index in [0.717, 1.165) is 12.1 Å². The predicted octanol–water partition coefficient (Wildman–Crippen LogP) is 2.14. The minimum Gasteiger partial charge on any atom is -0.507 e. The van der Waals surface area contributed by atoms with Crippen LogP contribution in [0.2, 0.25) is 0 Å². The lowest BCUT2D eigenvalue weighted by atomic mass is 10.2. The highest BCUT2D eigenvalue weighted by molar-refractivity contribution is 9.10. The maximum atomic E-state index is 12.9. The van der Waals surface area contributed by atoms with Crippen LogP contribution in [-0.4, -0.2) is 11.0 Å². The van der Waals surface area contributed by atoms with Crippen molar-refractivity contribution < 1.29 is 14.3 Å². The zero-order valence-electron chi connectivity index (χ0n) is 5.84. The second kappa shape index (κ2) is 3.52. The summed E-state index contributed by atoms with van der Waals surface area (Å²) < 4.78 is 13.3. The third-order valence-corrected chi connectivity index (χ3v) is 1.73. The molecule has 0 aromatic heterocycles. The summed E-state index contributed by atoms with van der Waals surface area (Å²) in [4.78, 5) is 9.89. The highest BCUT2D eigenvalue weighted by atomic mass is 79.9. The Bertz CT molecular complexity index is 333. The van der Waals surface area contributed by atoms with Gasteiger partial charge in [0.25, 0.3) is 0 Å². The Kier molecular flexibility index (Phi) is 2.63. The van der Waals surface area contributed by atoms with Gasteiger partial charge in [-0.3, -0.25) is 0 Å². The van der Waals surface area contributed by atoms with Gasteiger partial charge in [-0.25, -0.2) is 9.18 Å². The van der Waals surface area contributed by atoms with Crippen LogP contribution in [0.25, 0.3) is 6.08 Å². The van der Waals surface area contributed by atoms with Crippen LogP contribution in [0, 0.1) is 5.82 Å². The zero-order chi connectivity index (χ0) is 9.14. The second-order valence-corrected chi connectivity index (χ2v) is 3.00. The van der Waals surface area contributed by atoms with Crippen LogP contribution in [0.4, 0.5) is 4.39 Å². The number of hydrogen-bond donors (Lipinski definition) is 1. The molecule has 0 atom stereocenters. The summed E-state index contributed by atoms with van der Waals surface area (Å²) in [6.07, 6.45) is 0.844. The lowest BCUT2D eigenvalue weighted by molar-refractivity contribution is 0.466. The molecule has 0 aliphatic carbocycles. The van der Waals surface area contributed by atoms with E-state index in [1.807, 2.05) is 0 Å². The standard InChI is InChI=1S/C8H4BrFO2/c9-5-3-7(10)6(1-2-11)8(12)4-5/h1,3-4,12H. The number of hydrogen-bond acceptors (Lipinski definition) is 2. The molecule has 0 amide bonds. The van der Waals surface area contributed by atoms with E-state index in [-0.39, 0.29) is 11.3 Å². The van der Waals surface area contributed by atoms with Crippen molar-refractivity contribution in [2.45, 2.75) is 0 Å². The SMILES string of the molecule is O=C=Cc1c(O)cc(Br)cc1F. The monoisotopic (exact) mass is 230 g/mol. The molecule has 0 spiro atoms. The average molecular weight is 231 g/mol. The fourth-order valence-electron chi connectivity index (χ4n) is 0.773. The molecule has 2 nitrogen and oxygen atoms in total. The molecule has 0 radical (unpaired) electrons. The van der Waals surface area contributed by atoms with Gasteiger partial charge in [-0.05, 0) is 12.1 Å². The maximum Gasteiger partial charge on any atom is 0.136 e. The first kappa shape index (κ1) is 8.97. The van der Waals surface area contributed by atoms with Gasteiger partial charge in [-0.1, -0.05) is 15.9 Å². The predicted molar refractivity (Wildman–Crippen MR) is 45.9 cm³/mol. The number of halogens is 2. The highest BCUT2D eigenvalue weighted by Crippen LogP contribution is 2.25. The van der Waals surface area contributed by atoms with E-state index in [2.05, 4.69) is 15.9 Å². The molecule has 0 aliphatic heterocycles. The number of phenolic OH excluding ortho intramolecular Hbond substituents is 1. The van der Waals surface area contributed by atoms with Gasteiger partial charge in [0.15, 0.2) is 0 Å². The van der Waals surface area contributed by atoms with Crippen molar-refractivity contribution in [2.24, 2.45) is 0 Å². The molecule has 0 fully saturated rings. The lowest BCUT2D eigenvalue weighted by Gasteiger charge is -1.99. The normalized spacial score (nSPS) is 9.17. The molecule has 0 heterocycles. The summed E-state index contributed by atoms with van der Waals surface area (Å²) >= 11 is 2.99. The van der Waals surface area contributed by atoms with Gasteiger partial charge in [0.1, 0.15) is 17.5 Å². The molecule has 1 aromatic rings. The molecule has 1 rings (SSSR count). The van der Waals surface area contributed by atoms with Gasteiger partial charge in [0.05, 0.1) is 5.56 Å². The minimum absolute atomic E-state index is 0.145. The van der Waals surface area contributed by atoms with Crippen molar-refractivity contribution in [1.29, 1.82) is 0 Å². The first-order valence-corrected chi connectivity index (χ1v) is 3.83.